The van der Waals surface area contributed by atoms with Crippen LogP contribution in [0.15, 0.2) is 34.7 Å². The van der Waals surface area contributed by atoms with Crippen LogP contribution in [0.2, 0.25) is 0 Å². The largest absolute Gasteiger partial charge is 0.464 e. The minimum Gasteiger partial charge on any atom is -0.464 e. The van der Waals surface area contributed by atoms with Gasteiger partial charge in [-0.15, -0.1) is 0 Å². The summed E-state index contributed by atoms with van der Waals surface area (Å²) in [5, 5.41) is 3.05. The van der Waals surface area contributed by atoms with Crippen LogP contribution in [0.25, 0.3) is 0 Å². The molecule has 162 valence electrons. The van der Waals surface area contributed by atoms with E-state index in [9.17, 15) is 9.59 Å². The molecular formula is C23H32N4O3. The lowest BCUT2D eigenvalue weighted by molar-refractivity contribution is -0.132. The first-order valence-electron chi connectivity index (χ1n) is 10.4. The molecule has 1 fully saturated rings. The van der Waals surface area contributed by atoms with Crippen molar-refractivity contribution < 1.29 is 14.0 Å². The Morgan fingerprint density at radius 2 is 1.57 bits per heavy atom. The van der Waals surface area contributed by atoms with E-state index < -0.39 is 0 Å². The molecule has 1 aliphatic rings. The van der Waals surface area contributed by atoms with Crippen molar-refractivity contribution in [3.63, 3.8) is 0 Å². The Labute approximate surface area is 178 Å². The number of hydrogen-bond acceptors (Lipinski definition) is 5. The first kappa shape index (κ1) is 22.1. The van der Waals surface area contributed by atoms with Gasteiger partial charge in [-0.3, -0.25) is 19.4 Å². The van der Waals surface area contributed by atoms with E-state index in [4.69, 9.17) is 4.42 Å². The van der Waals surface area contributed by atoms with Crippen LogP contribution in [-0.4, -0.2) is 72.8 Å². The molecule has 0 aliphatic carbocycles. The molecule has 7 heteroatoms. The van der Waals surface area contributed by atoms with Crippen molar-refractivity contribution in [3.05, 3.63) is 53.0 Å². The van der Waals surface area contributed by atoms with Crippen molar-refractivity contribution in [2.75, 3.05) is 51.6 Å². The van der Waals surface area contributed by atoms with Crippen LogP contribution in [0.4, 0.5) is 5.69 Å². The smallest absolute Gasteiger partial charge is 0.238 e. The van der Waals surface area contributed by atoms with Gasteiger partial charge in [-0.2, -0.15) is 0 Å². The van der Waals surface area contributed by atoms with Crippen molar-refractivity contribution in [2.24, 2.45) is 0 Å². The van der Waals surface area contributed by atoms with Gasteiger partial charge in [0.1, 0.15) is 11.5 Å². The van der Waals surface area contributed by atoms with Gasteiger partial charge in [-0.25, -0.2) is 0 Å². The first-order valence-corrected chi connectivity index (χ1v) is 10.4. The fourth-order valence-electron chi connectivity index (χ4n) is 3.70. The third kappa shape index (κ3) is 5.93. The number of anilines is 1. The number of carbonyl (C=O) groups is 2. The topological polar surface area (TPSA) is 69.0 Å². The Balaban J connectivity index is 1.41. The molecule has 2 aromatic rings. The van der Waals surface area contributed by atoms with E-state index in [2.05, 4.69) is 15.1 Å². The van der Waals surface area contributed by atoms with Crippen LogP contribution < -0.4 is 5.32 Å². The van der Waals surface area contributed by atoms with E-state index in [0.29, 0.717) is 19.6 Å². The van der Waals surface area contributed by atoms with Gasteiger partial charge < -0.3 is 14.6 Å². The average Bonchev–Trinajstić information content (AvgIpc) is 3.11. The maximum absolute atomic E-state index is 12.5. The molecule has 2 heterocycles. The van der Waals surface area contributed by atoms with Gasteiger partial charge in [0.2, 0.25) is 11.8 Å². The standard InChI is InChI=1S/C23H32N4O3/c1-17-6-5-7-18(2)23(17)24-21(28)15-26-10-12-27(13-11-26)16-22(29)25(4)14-20-9-8-19(3)30-20/h5-9H,10-16H2,1-4H3,(H,24,28). The van der Waals surface area contributed by atoms with Gasteiger partial charge in [0.15, 0.2) is 0 Å². The molecule has 1 aliphatic heterocycles. The van der Waals surface area contributed by atoms with E-state index in [0.717, 1.165) is 54.5 Å². The highest BCUT2D eigenvalue weighted by molar-refractivity contribution is 5.93. The SMILES string of the molecule is Cc1ccc(CN(C)C(=O)CN2CCN(CC(=O)Nc3c(C)cccc3C)CC2)o1. The van der Waals surface area contributed by atoms with Crippen molar-refractivity contribution >= 4 is 17.5 Å². The number of amides is 2. The second-order valence-corrected chi connectivity index (χ2v) is 8.13. The molecule has 1 saturated heterocycles. The molecule has 1 N–H and O–H groups in total. The predicted octanol–water partition coefficient (Wildman–Crippen LogP) is 2.42. The van der Waals surface area contributed by atoms with Gasteiger partial charge in [0.05, 0.1) is 19.6 Å². The number of carbonyl (C=O) groups excluding carboxylic acids is 2. The molecule has 0 bridgehead atoms. The summed E-state index contributed by atoms with van der Waals surface area (Å²) >= 11 is 0. The second kappa shape index (κ2) is 9.91. The lowest BCUT2D eigenvalue weighted by Crippen LogP contribution is -2.51. The number of nitrogens with one attached hydrogen (secondary N) is 1. The number of aryl methyl sites for hydroxylation is 3. The Morgan fingerprint density at radius 1 is 0.967 bits per heavy atom. The normalized spacial score (nSPS) is 15.2. The number of rotatable bonds is 7. The molecule has 0 atom stereocenters. The third-order valence-electron chi connectivity index (χ3n) is 5.55. The Kier molecular flexibility index (Phi) is 7.29. The monoisotopic (exact) mass is 412 g/mol. The number of nitrogens with zero attached hydrogens (tertiary/aromatic N) is 3. The molecule has 1 aromatic carbocycles. The number of piperazine rings is 1. The molecule has 3 rings (SSSR count). The summed E-state index contributed by atoms with van der Waals surface area (Å²) in [7, 11) is 1.80. The van der Waals surface area contributed by atoms with Crippen molar-refractivity contribution in [3.8, 4) is 0 Å². The van der Waals surface area contributed by atoms with Gasteiger partial charge >= 0.3 is 0 Å². The highest BCUT2D eigenvalue weighted by Gasteiger charge is 2.22. The van der Waals surface area contributed by atoms with E-state index >= 15 is 0 Å². The van der Waals surface area contributed by atoms with Gasteiger partial charge in [0, 0.05) is 38.9 Å². The minimum absolute atomic E-state index is 0.00500. The minimum atomic E-state index is 0.00500. The summed E-state index contributed by atoms with van der Waals surface area (Å²) in [6.45, 7) is 10.2. The predicted molar refractivity (Wildman–Crippen MR) is 117 cm³/mol. The fourth-order valence-corrected chi connectivity index (χ4v) is 3.70. The zero-order chi connectivity index (χ0) is 21.7. The van der Waals surface area contributed by atoms with Gasteiger partial charge in [-0.05, 0) is 44.0 Å². The highest BCUT2D eigenvalue weighted by atomic mass is 16.3. The summed E-state index contributed by atoms with van der Waals surface area (Å²) in [5.74, 6) is 1.72. The van der Waals surface area contributed by atoms with Gasteiger partial charge in [0.25, 0.3) is 0 Å². The maximum Gasteiger partial charge on any atom is 0.238 e. The molecule has 7 nitrogen and oxygen atoms in total. The van der Waals surface area contributed by atoms with Crippen LogP contribution in [0.3, 0.4) is 0 Å². The summed E-state index contributed by atoms with van der Waals surface area (Å²) in [6, 6.07) is 9.81. The number of furan rings is 1. The van der Waals surface area contributed by atoms with E-state index in [1.165, 1.54) is 0 Å². The average molecular weight is 413 g/mol. The third-order valence-corrected chi connectivity index (χ3v) is 5.55. The second-order valence-electron chi connectivity index (χ2n) is 8.13. The van der Waals surface area contributed by atoms with Crippen molar-refractivity contribution in [2.45, 2.75) is 27.3 Å². The molecule has 1 aromatic heterocycles. The number of benzene rings is 1. The molecule has 0 saturated carbocycles. The highest BCUT2D eigenvalue weighted by Crippen LogP contribution is 2.19. The summed E-state index contributed by atoms with van der Waals surface area (Å²) in [6.07, 6.45) is 0. The quantitative estimate of drug-likeness (QED) is 0.756. The van der Waals surface area contributed by atoms with E-state index in [-0.39, 0.29) is 11.8 Å². The zero-order valence-corrected chi connectivity index (χ0v) is 18.4. The van der Waals surface area contributed by atoms with Crippen LogP contribution in [-0.2, 0) is 16.1 Å². The summed E-state index contributed by atoms with van der Waals surface area (Å²) < 4.78 is 5.55. The summed E-state index contributed by atoms with van der Waals surface area (Å²) in [4.78, 5) is 31.0. The molecule has 0 unspecified atom stereocenters. The van der Waals surface area contributed by atoms with Crippen LogP contribution >= 0.6 is 0 Å². The first-order chi connectivity index (χ1) is 14.3. The molecule has 0 radical (unpaired) electrons. The molecular weight excluding hydrogens is 380 g/mol. The Morgan fingerprint density at radius 3 is 2.13 bits per heavy atom. The zero-order valence-electron chi connectivity index (χ0n) is 18.4. The van der Waals surface area contributed by atoms with Crippen LogP contribution in [0.5, 0.6) is 0 Å². The van der Waals surface area contributed by atoms with Crippen molar-refractivity contribution in [1.82, 2.24) is 14.7 Å². The van der Waals surface area contributed by atoms with E-state index in [1.54, 1.807) is 11.9 Å². The number of para-hydroxylation sites is 1. The number of likely N-dealkylation sites (N-methyl/N-ethyl adjacent to an activating group) is 1. The molecule has 2 amide bonds. The van der Waals surface area contributed by atoms with Crippen molar-refractivity contribution in [1.29, 1.82) is 0 Å². The Hall–Kier alpha value is -2.64. The number of hydrogen-bond donors (Lipinski definition) is 1. The summed E-state index contributed by atoms with van der Waals surface area (Å²) in [5.41, 5.74) is 3.04. The lowest BCUT2D eigenvalue weighted by Gasteiger charge is -2.34. The lowest BCUT2D eigenvalue weighted by atomic mass is 10.1. The van der Waals surface area contributed by atoms with Crippen LogP contribution in [0, 0.1) is 20.8 Å². The Bertz CT molecular complexity index is 864. The van der Waals surface area contributed by atoms with E-state index in [1.807, 2.05) is 51.1 Å². The molecule has 0 spiro atoms. The van der Waals surface area contributed by atoms with Crippen LogP contribution in [0.1, 0.15) is 22.6 Å². The van der Waals surface area contributed by atoms with Gasteiger partial charge in [-0.1, -0.05) is 18.2 Å². The molecule has 30 heavy (non-hydrogen) atoms. The fraction of sp³-hybridized carbons (Fsp3) is 0.478. The maximum atomic E-state index is 12.5.